The molecule has 0 radical (unpaired) electrons. The number of carbonyl (C=O) groups is 2. The Morgan fingerprint density at radius 3 is 2.35 bits per heavy atom. The first-order valence-corrected chi connectivity index (χ1v) is 7.41. The molecule has 126 valence electrons. The van der Waals surface area contributed by atoms with Crippen LogP contribution >= 0.6 is 34.8 Å². The molecule has 0 aliphatic carbocycles. The predicted molar refractivity (Wildman–Crippen MR) is 77.8 cm³/mol. The fourth-order valence-electron chi connectivity index (χ4n) is 2.11. The summed E-state index contributed by atoms with van der Waals surface area (Å²) in [7, 11) is 0. The number of carbonyl (C=O) groups excluding carboxylic acids is 2. The smallest absolute Gasteiger partial charge is 0.406 e. The number of nitrogens with zero attached hydrogens (tertiary/aromatic N) is 1. The van der Waals surface area contributed by atoms with Gasteiger partial charge in [0.2, 0.25) is 5.91 Å². The van der Waals surface area contributed by atoms with Gasteiger partial charge in [0.1, 0.15) is 6.54 Å². The van der Waals surface area contributed by atoms with Crippen LogP contribution in [-0.4, -0.2) is 36.0 Å². The first-order chi connectivity index (χ1) is 10.6. The average Bonchev–Trinajstić information content (AvgIpc) is 2.73. The van der Waals surface area contributed by atoms with Crippen molar-refractivity contribution in [1.82, 2.24) is 4.90 Å². The van der Waals surface area contributed by atoms with Crippen LogP contribution in [0.25, 0.3) is 0 Å². The molecule has 1 heterocycles. The standard InChI is InChI=1S/C13H9Cl3F3NO3/c14-7-2-8(15)11(9(16)3-7)23-12(22)6-1-10(21)20(4-6)5-13(17,18)19/h2-3,6H,1,4-5H2. The summed E-state index contributed by atoms with van der Waals surface area (Å²) >= 11 is 17.4. The van der Waals surface area contributed by atoms with E-state index in [0.29, 0.717) is 4.90 Å². The maximum absolute atomic E-state index is 12.3. The number of hydrogen-bond donors (Lipinski definition) is 0. The van der Waals surface area contributed by atoms with Crippen molar-refractivity contribution in [2.45, 2.75) is 12.6 Å². The van der Waals surface area contributed by atoms with Crippen LogP contribution in [0.3, 0.4) is 0 Å². The number of likely N-dealkylation sites (tertiary alicyclic amines) is 1. The predicted octanol–water partition coefficient (Wildman–Crippen LogP) is 3.96. The van der Waals surface area contributed by atoms with Gasteiger partial charge in [0.05, 0.1) is 16.0 Å². The molecular formula is C13H9Cl3F3NO3. The van der Waals surface area contributed by atoms with Crippen molar-refractivity contribution in [2.75, 3.05) is 13.1 Å². The van der Waals surface area contributed by atoms with Crippen LogP contribution in [0, 0.1) is 5.92 Å². The van der Waals surface area contributed by atoms with E-state index in [1.807, 2.05) is 0 Å². The minimum Gasteiger partial charge on any atom is -0.423 e. The SMILES string of the molecule is O=C(Oc1c(Cl)cc(Cl)cc1Cl)C1CC(=O)N(CC(F)(F)F)C1. The van der Waals surface area contributed by atoms with Gasteiger partial charge in [-0.3, -0.25) is 9.59 Å². The molecule has 1 aliphatic rings. The third-order valence-corrected chi connectivity index (χ3v) is 3.86. The summed E-state index contributed by atoms with van der Waals surface area (Å²) in [6, 6.07) is 2.60. The van der Waals surface area contributed by atoms with Crippen molar-refractivity contribution in [1.29, 1.82) is 0 Å². The van der Waals surface area contributed by atoms with E-state index < -0.39 is 30.5 Å². The number of hydrogen-bond acceptors (Lipinski definition) is 3. The zero-order valence-electron chi connectivity index (χ0n) is 11.3. The fourth-order valence-corrected chi connectivity index (χ4v) is 3.00. The normalized spacial score (nSPS) is 18.4. The maximum Gasteiger partial charge on any atom is 0.406 e. The number of rotatable bonds is 3. The first-order valence-electron chi connectivity index (χ1n) is 6.27. The van der Waals surface area contributed by atoms with Crippen LogP contribution in [0.1, 0.15) is 6.42 Å². The third-order valence-electron chi connectivity index (χ3n) is 3.08. The molecule has 1 aromatic rings. The average molecular weight is 391 g/mol. The Labute approximate surface area is 144 Å². The van der Waals surface area contributed by atoms with Gasteiger partial charge in [-0.1, -0.05) is 34.8 Å². The number of amides is 1. The van der Waals surface area contributed by atoms with E-state index >= 15 is 0 Å². The van der Waals surface area contributed by atoms with Crippen molar-refractivity contribution >= 4 is 46.7 Å². The van der Waals surface area contributed by atoms with Crippen molar-refractivity contribution in [3.8, 4) is 5.75 Å². The summed E-state index contributed by atoms with van der Waals surface area (Å²) in [5, 5.41) is 0.187. The van der Waals surface area contributed by atoms with Gasteiger partial charge in [0.15, 0.2) is 5.75 Å². The molecule has 1 aliphatic heterocycles. The number of esters is 1. The highest BCUT2D eigenvalue weighted by Gasteiger charge is 2.41. The van der Waals surface area contributed by atoms with Crippen LogP contribution in [0.2, 0.25) is 15.1 Å². The second-order valence-corrected chi connectivity index (χ2v) is 6.16. The maximum atomic E-state index is 12.3. The molecule has 1 fully saturated rings. The molecule has 0 N–H and O–H groups in total. The van der Waals surface area contributed by atoms with Crippen molar-refractivity contribution in [3.63, 3.8) is 0 Å². The van der Waals surface area contributed by atoms with Crippen LogP contribution in [0.15, 0.2) is 12.1 Å². The van der Waals surface area contributed by atoms with Crippen LogP contribution < -0.4 is 4.74 Å². The Balaban J connectivity index is 2.07. The topological polar surface area (TPSA) is 46.6 Å². The summed E-state index contributed by atoms with van der Waals surface area (Å²) in [6.07, 6.45) is -4.89. The zero-order chi connectivity index (χ0) is 17.4. The number of halogens is 6. The second kappa shape index (κ2) is 6.75. The molecule has 0 bridgehead atoms. The number of alkyl halides is 3. The molecule has 1 saturated heterocycles. The molecule has 1 atom stereocenters. The number of benzene rings is 1. The van der Waals surface area contributed by atoms with Gasteiger partial charge in [-0.2, -0.15) is 13.2 Å². The van der Waals surface area contributed by atoms with E-state index in [1.165, 1.54) is 12.1 Å². The second-order valence-electron chi connectivity index (χ2n) is 4.91. The monoisotopic (exact) mass is 389 g/mol. The Bertz CT molecular complexity index is 628. The quantitative estimate of drug-likeness (QED) is 0.580. The summed E-state index contributed by atoms with van der Waals surface area (Å²) in [5.41, 5.74) is 0. The van der Waals surface area contributed by atoms with E-state index in [2.05, 4.69) is 0 Å². The van der Waals surface area contributed by atoms with Crippen LogP contribution in [0.5, 0.6) is 5.75 Å². The first kappa shape index (κ1) is 18.2. The lowest BCUT2D eigenvalue weighted by Crippen LogP contribution is -2.36. The van der Waals surface area contributed by atoms with Crippen LogP contribution in [-0.2, 0) is 9.59 Å². The van der Waals surface area contributed by atoms with Crippen molar-refractivity contribution in [3.05, 3.63) is 27.2 Å². The molecule has 23 heavy (non-hydrogen) atoms. The molecule has 10 heteroatoms. The summed E-state index contributed by atoms with van der Waals surface area (Å²) < 4.78 is 42.0. The molecule has 0 saturated carbocycles. The highest BCUT2D eigenvalue weighted by atomic mass is 35.5. The molecule has 0 spiro atoms. The van der Waals surface area contributed by atoms with Gasteiger partial charge in [0.25, 0.3) is 0 Å². The highest BCUT2D eigenvalue weighted by Crippen LogP contribution is 2.36. The Morgan fingerprint density at radius 1 is 1.26 bits per heavy atom. The lowest BCUT2D eigenvalue weighted by molar-refractivity contribution is -0.157. The van der Waals surface area contributed by atoms with Gasteiger partial charge in [0, 0.05) is 18.0 Å². The highest BCUT2D eigenvalue weighted by molar-refractivity contribution is 6.40. The van der Waals surface area contributed by atoms with Gasteiger partial charge in [-0.05, 0) is 12.1 Å². The Morgan fingerprint density at radius 2 is 1.83 bits per heavy atom. The van der Waals surface area contributed by atoms with E-state index in [9.17, 15) is 22.8 Å². The van der Waals surface area contributed by atoms with Gasteiger partial charge < -0.3 is 9.64 Å². The molecule has 0 aromatic heterocycles. The largest absolute Gasteiger partial charge is 0.423 e. The third kappa shape index (κ3) is 4.65. The molecular weight excluding hydrogens is 382 g/mol. The van der Waals surface area contributed by atoms with E-state index in [0.717, 1.165) is 0 Å². The molecule has 1 amide bonds. The Kier molecular flexibility index (Phi) is 5.33. The lowest BCUT2D eigenvalue weighted by Gasteiger charge is -2.18. The minimum absolute atomic E-state index is 0.0210. The van der Waals surface area contributed by atoms with E-state index in [-0.39, 0.29) is 33.8 Å². The van der Waals surface area contributed by atoms with Crippen molar-refractivity contribution in [2.24, 2.45) is 5.92 Å². The minimum atomic E-state index is -4.53. The molecule has 1 aromatic carbocycles. The van der Waals surface area contributed by atoms with E-state index in [4.69, 9.17) is 39.5 Å². The van der Waals surface area contributed by atoms with Crippen molar-refractivity contribution < 1.29 is 27.5 Å². The lowest BCUT2D eigenvalue weighted by atomic mass is 10.1. The number of ether oxygens (including phenoxy) is 1. The summed E-state index contributed by atoms with van der Waals surface area (Å²) in [5.74, 6) is -2.82. The zero-order valence-corrected chi connectivity index (χ0v) is 13.6. The molecule has 1 unspecified atom stereocenters. The van der Waals surface area contributed by atoms with Crippen LogP contribution in [0.4, 0.5) is 13.2 Å². The van der Waals surface area contributed by atoms with E-state index in [1.54, 1.807) is 0 Å². The summed E-state index contributed by atoms with van der Waals surface area (Å²) in [4.78, 5) is 24.1. The molecule has 2 rings (SSSR count). The fraction of sp³-hybridized carbons (Fsp3) is 0.385. The van der Waals surface area contributed by atoms with Gasteiger partial charge in [-0.25, -0.2) is 0 Å². The van der Waals surface area contributed by atoms with Gasteiger partial charge >= 0.3 is 12.1 Å². The van der Waals surface area contributed by atoms with Gasteiger partial charge in [-0.15, -0.1) is 0 Å². The molecule has 4 nitrogen and oxygen atoms in total. The Hall–Kier alpha value is -1.18. The summed E-state index contributed by atoms with van der Waals surface area (Å²) in [6.45, 7) is -1.78.